The molecule has 168 valence electrons. The molecule has 9 heteroatoms. The second-order valence-electron chi connectivity index (χ2n) is 8.16. The number of benzene rings is 1. The fourth-order valence-corrected chi connectivity index (χ4v) is 5.68. The minimum atomic E-state index is -3.66. The van der Waals surface area contributed by atoms with Crippen LogP contribution in [0.15, 0.2) is 66.0 Å². The number of piperazine rings is 1. The van der Waals surface area contributed by atoms with E-state index >= 15 is 0 Å². The summed E-state index contributed by atoms with van der Waals surface area (Å²) in [5.74, 6) is 1.44. The van der Waals surface area contributed by atoms with Gasteiger partial charge in [0.05, 0.1) is 5.52 Å². The SMILES string of the molecule is Cc1cnc2c(S(=O)(=O)N3CCN(c4cc(C)nc(-c5ccncc5)n4)CC3)cccc2c1. The summed E-state index contributed by atoms with van der Waals surface area (Å²) in [6.45, 7) is 5.72. The Bertz CT molecular complexity index is 1420. The molecule has 0 amide bonds. The largest absolute Gasteiger partial charge is 0.354 e. The van der Waals surface area contributed by atoms with E-state index in [2.05, 4.69) is 19.9 Å². The van der Waals surface area contributed by atoms with Crippen molar-refractivity contribution in [2.45, 2.75) is 18.7 Å². The van der Waals surface area contributed by atoms with Crippen LogP contribution >= 0.6 is 0 Å². The summed E-state index contributed by atoms with van der Waals surface area (Å²) >= 11 is 0. The standard InChI is InChI=1S/C24H24N6O2S/c1-17-14-20-4-3-5-21(23(20)26-16-17)33(31,32)30-12-10-29(11-13-30)22-15-18(2)27-24(28-22)19-6-8-25-9-7-19/h3-9,14-16H,10-13H2,1-2H3. The molecule has 0 atom stereocenters. The molecule has 1 saturated heterocycles. The van der Waals surface area contributed by atoms with Gasteiger partial charge in [-0.05, 0) is 43.7 Å². The first-order valence-electron chi connectivity index (χ1n) is 10.8. The van der Waals surface area contributed by atoms with Crippen molar-refractivity contribution in [3.63, 3.8) is 0 Å². The first kappa shape index (κ1) is 21.4. The van der Waals surface area contributed by atoms with Crippen LogP contribution in [0.4, 0.5) is 5.82 Å². The number of nitrogens with zero attached hydrogens (tertiary/aromatic N) is 6. The highest BCUT2D eigenvalue weighted by molar-refractivity contribution is 7.89. The fourth-order valence-electron chi connectivity index (χ4n) is 4.09. The summed E-state index contributed by atoms with van der Waals surface area (Å²) in [4.78, 5) is 20.1. The molecule has 1 aliphatic heterocycles. The van der Waals surface area contributed by atoms with Crippen LogP contribution in [-0.2, 0) is 10.0 Å². The lowest BCUT2D eigenvalue weighted by Gasteiger charge is -2.35. The first-order valence-corrected chi connectivity index (χ1v) is 12.2. The number of hydrogen-bond donors (Lipinski definition) is 0. The Hall–Kier alpha value is -3.43. The van der Waals surface area contributed by atoms with Gasteiger partial charge in [0, 0.05) is 67.5 Å². The summed E-state index contributed by atoms with van der Waals surface area (Å²) in [6, 6.07) is 13.0. The third kappa shape index (κ3) is 4.17. The molecule has 4 aromatic rings. The van der Waals surface area contributed by atoms with Gasteiger partial charge in [0.25, 0.3) is 0 Å². The molecule has 5 rings (SSSR count). The summed E-state index contributed by atoms with van der Waals surface area (Å²) < 4.78 is 28.5. The van der Waals surface area contributed by atoms with Crippen LogP contribution in [0.3, 0.4) is 0 Å². The molecule has 1 fully saturated rings. The van der Waals surface area contributed by atoms with E-state index in [0.717, 1.165) is 28.0 Å². The molecular weight excluding hydrogens is 436 g/mol. The molecule has 0 unspecified atom stereocenters. The van der Waals surface area contributed by atoms with E-state index < -0.39 is 10.0 Å². The Morgan fingerprint density at radius 1 is 0.909 bits per heavy atom. The van der Waals surface area contributed by atoms with Gasteiger partial charge >= 0.3 is 0 Å². The average molecular weight is 461 g/mol. The van der Waals surface area contributed by atoms with Crippen molar-refractivity contribution < 1.29 is 8.42 Å². The Kier molecular flexibility index (Phi) is 5.51. The zero-order valence-corrected chi connectivity index (χ0v) is 19.3. The van der Waals surface area contributed by atoms with Gasteiger partial charge in [-0.1, -0.05) is 12.1 Å². The molecule has 0 spiro atoms. The zero-order valence-electron chi connectivity index (χ0n) is 18.5. The van der Waals surface area contributed by atoms with Crippen molar-refractivity contribution in [2.24, 2.45) is 0 Å². The van der Waals surface area contributed by atoms with Crippen LogP contribution in [0.2, 0.25) is 0 Å². The smallest absolute Gasteiger partial charge is 0.245 e. The van der Waals surface area contributed by atoms with E-state index in [1.54, 1.807) is 30.7 Å². The van der Waals surface area contributed by atoms with Gasteiger partial charge in [-0.2, -0.15) is 4.31 Å². The number of fused-ring (bicyclic) bond motifs is 1. The lowest BCUT2D eigenvalue weighted by molar-refractivity contribution is 0.384. The van der Waals surface area contributed by atoms with Gasteiger partial charge in [-0.25, -0.2) is 18.4 Å². The first-order chi connectivity index (χ1) is 15.9. The fraction of sp³-hybridized carbons (Fsp3) is 0.250. The topological polar surface area (TPSA) is 92.2 Å². The summed E-state index contributed by atoms with van der Waals surface area (Å²) in [7, 11) is -3.66. The van der Waals surface area contributed by atoms with Gasteiger partial charge in [0.2, 0.25) is 10.0 Å². The Morgan fingerprint density at radius 2 is 1.67 bits per heavy atom. The molecular formula is C24H24N6O2S. The molecule has 3 aromatic heterocycles. The van der Waals surface area contributed by atoms with Gasteiger partial charge in [-0.3, -0.25) is 9.97 Å². The monoisotopic (exact) mass is 460 g/mol. The van der Waals surface area contributed by atoms with Crippen LogP contribution in [0.25, 0.3) is 22.3 Å². The van der Waals surface area contributed by atoms with E-state index in [1.165, 1.54) is 4.31 Å². The minimum absolute atomic E-state index is 0.256. The predicted molar refractivity (Wildman–Crippen MR) is 127 cm³/mol. The Balaban J connectivity index is 1.38. The van der Waals surface area contributed by atoms with Crippen LogP contribution in [0.5, 0.6) is 0 Å². The van der Waals surface area contributed by atoms with E-state index in [0.29, 0.717) is 37.5 Å². The number of aryl methyl sites for hydroxylation is 2. The third-order valence-corrected chi connectivity index (χ3v) is 7.70. The quantitative estimate of drug-likeness (QED) is 0.462. The van der Waals surface area contributed by atoms with Crippen molar-refractivity contribution in [2.75, 3.05) is 31.1 Å². The minimum Gasteiger partial charge on any atom is -0.354 e. The number of sulfonamides is 1. The zero-order chi connectivity index (χ0) is 23.0. The van der Waals surface area contributed by atoms with E-state index in [9.17, 15) is 8.42 Å². The van der Waals surface area contributed by atoms with Crippen molar-refractivity contribution in [3.8, 4) is 11.4 Å². The normalized spacial score (nSPS) is 15.2. The third-order valence-electron chi connectivity index (χ3n) is 5.77. The van der Waals surface area contributed by atoms with Crippen LogP contribution in [-0.4, -0.2) is 58.8 Å². The second-order valence-corrected chi connectivity index (χ2v) is 10.1. The van der Waals surface area contributed by atoms with Crippen molar-refractivity contribution in [3.05, 3.63) is 72.3 Å². The molecule has 33 heavy (non-hydrogen) atoms. The molecule has 1 aliphatic rings. The van der Waals surface area contributed by atoms with Crippen LogP contribution < -0.4 is 4.90 Å². The highest BCUT2D eigenvalue weighted by Gasteiger charge is 2.30. The van der Waals surface area contributed by atoms with Gasteiger partial charge in [0.1, 0.15) is 10.7 Å². The van der Waals surface area contributed by atoms with E-state index in [4.69, 9.17) is 4.98 Å². The van der Waals surface area contributed by atoms with Crippen LogP contribution in [0, 0.1) is 13.8 Å². The van der Waals surface area contributed by atoms with Gasteiger partial charge in [0.15, 0.2) is 5.82 Å². The van der Waals surface area contributed by atoms with Crippen LogP contribution in [0.1, 0.15) is 11.3 Å². The maximum Gasteiger partial charge on any atom is 0.245 e. The van der Waals surface area contributed by atoms with Gasteiger partial charge < -0.3 is 4.90 Å². The summed E-state index contributed by atoms with van der Waals surface area (Å²) in [5.41, 5.74) is 3.27. The molecule has 1 aromatic carbocycles. The number of rotatable bonds is 4. The maximum absolute atomic E-state index is 13.5. The predicted octanol–water partition coefficient (Wildman–Crippen LogP) is 3.21. The van der Waals surface area contributed by atoms with Gasteiger partial charge in [-0.15, -0.1) is 0 Å². The second kappa shape index (κ2) is 8.49. The van der Waals surface area contributed by atoms with E-state index in [1.807, 2.05) is 44.2 Å². The maximum atomic E-state index is 13.5. The Labute approximate surface area is 193 Å². The number of pyridine rings is 2. The lowest BCUT2D eigenvalue weighted by Crippen LogP contribution is -2.49. The molecule has 0 radical (unpaired) electrons. The molecule has 8 nitrogen and oxygen atoms in total. The van der Waals surface area contributed by atoms with Crippen molar-refractivity contribution in [1.82, 2.24) is 24.2 Å². The van der Waals surface area contributed by atoms with Crippen molar-refractivity contribution in [1.29, 1.82) is 0 Å². The number of anilines is 1. The molecule has 0 aliphatic carbocycles. The number of hydrogen-bond acceptors (Lipinski definition) is 7. The average Bonchev–Trinajstić information content (AvgIpc) is 2.83. The highest BCUT2D eigenvalue weighted by Crippen LogP contribution is 2.27. The summed E-state index contributed by atoms with van der Waals surface area (Å²) in [5, 5.41) is 0.829. The molecule has 0 N–H and O–H groups in total. The van der Waals surface area contributed by atoms with E-state index in [-0.39, 0.29) is 4.90 Å². The number of para-hydroxylation sites is 1. The summed E-state index contributed by atoms with van der Waals surface area (Å²) in [6.07, 6.45) is 5.14. The molecule has 0 bridgehead atoms. The Morgan fingerprint density at radius 3 is 2.42 bits per heavy atom. The lowest BCUT2D eigenvalue weighted by atomic mass is 10.2. The van der Waals surface area contributed by atoms with Crippen molar-refractivity contribution >= 4 is 26.7 Å². The number of aromatic nitrogens is 4. The molecule has 4 heterocycles. The molecule has 0 saturated carbocycles. The highest BCUT2D eigenvalue weighted by atomic mass is 32.2.